The maximum atomic E-state index is 5.97. The fourth-order valence-corrected chi connectivity index (χ4v) is 1.71. The first-order valence-corrected chi connectivity index (χ1v) is 5.22. The Morgan fingerprint density at radius 3 is 2.67 bits per heavy atom. The number of aryl methyl sites for hydroxylation is 2. The third-order valence-electron chi connectivity index (χ3n) is 2.52. The zero-order valence-electron chi connectivity index (χ0n) is 10.0. The van der Waals surface area contributed by atoms with Crippen LogP contribution in [0.3, 0.4) is 0 Å². The summed E-state index contributed by atoms with van der Waals surface area (Å²) in [6.07, 6.45) is 1.09. The Hall–Kier alpha value is -1.23. The van der Waals surface area contributed by atoms with Crippen LogP contribution in [0.2, 0.25) is 0 Å². The number of nitrogens with two attached hydrogens (primary N) is 1. The largest absolute Gasteiger partial charge is 0.394 e. The monoisotopic (exact) mass is 211 g/mol. The molecule has 0 bridgehead atoms. The van der Waals surface area contributed by atoms with E-state index in [-0.39, 0.29) is 0 Å². The van der Waals surface area contributed by atoms with Gasteiger partial charge in [0.2, 0.25) is 0 Å². The minimum atomic E-state index is 0.782. The van der Waals surface area contributed by atoms with E-state index >= 15 is 0 Å². The smallest absolute Gasteiger partial charge is 0.150 e. The highest BCUT2D eigenvalue weighted by molar-refractivity contribution is 5.65. The fourth-order valence-electron chi connectivity index (χ4n) is 1.71. The topological polar surface area (TPSA) is 59.1 Å². The van der Waals surface area contributed by atoms with Gasteiger partial charge in [0.1, 0.15) is 5.82 Å². The SMILES string of the molecule is CNCCCN(C)c1c(N)c(C)nn1C. The number of nitrogens with one attached hydrogen (secondary N) is 1. The van der Waals surface area contributed by atoms with Crippen molar-refractivity contribution in [1.82, 2.24) is 15.1 Å². The molecular formula is C10H21N5. The summed E-state index contributed by atoms with van der Waals surface area (Å²) in [5, 5.41) is 7.42. The van der Waals surface area contributed by atoms with Gasteiger partial charge >= 0.3 is 0 Å². The molecule has 3 N–H and O–H groups in total. The summed E-state index contributed by atoms with van der Waals surface area (Å²) in [6.45, 7) is 3.92. The summed E-state index contributed by atoms with van der Waals surface area (Å²) < 4.78 is 1.84. The lowest BCUT2D eigenvalue weighted by molar-refractivity contribution is 0.682. The first-order chi connectivity index (χ1) is 7.07. The lowest BCUT2D eigenvalue weighted by atomic mass is 10.3. The number of nitrogens with zero attached hydrogens (tertiary/aromatic N) is 3. The van der Waals surface area contributed by atoms with Crippen LogP contribution in [0.1, 0.15) is 12.1 Å². The molecule has 5 heteroatoms. The molecule has 5 nitrogen and oxygen atoms in total. The Bertz CT molecular complexity index is 318. The van der Waals surface area contributed by atoms with E-state index in [0.29, 0.717) is 0 Å². The van der Waals surface area contributed by atoms with Crippen LogP contribution in [0.15, 0.2) is 0 Å². The summed E-state index contributed by atoms with van der Waals surface area (Å²) in [5.74, 6) is 1.00. The normalized spacial score (nSPS) is 10.7. The Morgan fingerprint density at radius 2 is 2.20 bits per heavy atom. The van der Waals surface area contributed by atoms with Gasteiger partial charge in [-0.15, -0.1) is 0 Å². The third kappa shape index (κ3) is 2.62. The van der Waals surface area contributed by atoms with Crippen LogP contribution in [-0.4, -0.2) is 37.0 Å². The van der Waals surface area contributed by atoms with Crippen molar-refractivity contribution >= 4 is 11.5 Å². The van der Waals surface area contributed by atoms with E-state index in [1.807, 2.05) is 32.7 Å². The maximum absolute atomic E-state index is 5.97. The highest BCUT2D eigenvalue weighted by Gasteiger charge is 2.13. The van der Waals surface area contributed by atoms with Crippen LogP contribution in [0.25, 0.3) is 0 Å². The van der Waals surface area contributed by atoms with Crippen molar-refractivity contribution in [2.75, 3.05) is 37.8 Å². The lowest BCUT2D eigenvalue weighted by Gasteiger charge is -2.19. The molecule has 15 heavy (non-hydrogen) atoms. The van der Waals surface area contributed by atoms with Crippen LogP contribution in [-0.2, 0) is 7.05 Å². The maximum Gasteiger partial charge on any atom is 0.150 e. The standard InChI is InChI=1S/C10H21N5/c1-8-9(11)10(15(4)13-8)14(3)7-5-6-12-2/h12H,5-7,11H2,1-4H3. The minimum absolute atomic E-state index is 0.782. The van der Waals surface area contributed by atoms with Crippen molar-refractivity contribution in [3.8, 4) is 0 Å². The first-order valence-electron chi connectivity index (χ1n) is 5.22. The van der Waals surface area contributed by atoms with E-state index in [1.165, 1.54) is 0 Å². The van der Waals surface area contributed by atoms with E-state index in [4.69, 9.17) is 5.73 Å². The Morgan fingerprint density at radius 1 is 1.53 bits per heavy atom. The molecule has 0 unspecified atom stereocenters. The molecule has 0 amide bonds. The van der Waals surface area contributed by atoms with Crippen LogP contribution in [0.5, 0.6) is 0 Å². The molecular weight excluding hydrogens is 190 g/mol. The summed E-state index contributed by atoms with van der Waals surface area (Å²) in [4.78, 5) is 2.15. The molecule has 0 aliphatic carbocycles. The van der Waals surface area contributed by atoms with Crippen LogP contribution < -0.4 is 16.0 Å². The van der Waals surface area contributed by atoms with Gasteiger partial charge in [-0.1, -0.05) is 0 Å². The molecule has 0 atom stereocenters. The van der Waals surface area contributed by atoms with Gasteiger partial charge in [-0.2, -0.15) is 5.10 Å². The molecule has 0 saturated heterocycles. The van der Waals surface area contributed by atoms with Crippen LogP contribution in [0, 0.1) is 6.92 Å². The summed E-state index contributed by atoms with van der Waals surface area (Å²) in [5.41, 5.74) is 7.65. The van der Waals surface area contributed by atoms with Gasteiger partial charge in [-0.05, 0) is 26.9 Å². The van der Waals surface area contributed by atoms with E-state index in [0.717, 1.165) is 36.7 Å². The second-order valence-corrected chi connectivity index (χ2v) is 3.82. The summed E-state index contributed by atoms with van der Waals surface area (Å²) in [6, 6.07) is 0. The first kappa shape index (κ1) is 11.8. The fraction of sp³-hybridized carbons (Fsp3) is 0.700. The third-order valence-corrected chi connectivity index (χ3v) is 2.52. The van der Waals surface area contributed by atoms with Crippen molar-refractivity contribution in [2.45, 2.75) is 13.3 Å². The van der Waals surface area contributed by atoms with E-state index in [9.17, 15) is 0 Å². The predicted molar refractivity (Wildman–Crippen MR) is 64.2 cm³/mol. The average molecular weight is 211 g/mol. The second kappa shape index (κ2) is 5.02. The van der Waals surface area contributed by atoms with Crippen molar-refractivity contribution in [3.05, 3.63) is 5.69 Å². The molecule has 0 spiro atoms. The van der Waals surface area contributed by atoms with Crippen molar-refractivity contribution in [2.24, 2.45) is 7.05 Å². The highest BCUT2D eigenvalue weighted by atomic mass is 15.4. The molecule has 1 aromatic heterocycles. The minimum Gasteiger partial charge on any atom is -0.394 e. The average Bonchev–Trinajstić information content (AvgIpc) is 2.41. The summed E-state index contributed by atoms with van der Waals surface area (Å²) in [7, 11) is 5.93. The lowest BCUT2D eigenvalue weighted by Crippen LogP contribution is -2.24. The number of anilines is 2. The van der Waals surface area contributed by atoms with Crippen LogP contribution >= 0.6 is 0 Å². The van der Waals surface area contributed by atoms with Gasteiger partial charge in [0.05, 0.1) is 11.4 Å². The molecule has 1 rings (SSSR count). The van der Waals surface area contributed by atoms with Gasteiger partial charge in [-0.3, -0.25) is 4.68 Å². The van der Waals surface area contributed by atoms with E-state index < -0.39 is 0 Å². The van der Waals surface area contributed by atoms with Gasteiger partial charge in [0.15, 0.2) is 0 Å². The quantitative estimate of drug-likeness (QED) is 0.690. The number of rotatable bonds is 5. The van der Waals surface area contributed by atoms with E-state index in [2.05, 4.69) is 15.3 Å². The second-order valence-electron chi connectivity index (χ2n) is 3.82. The predicted octanol–water partition coefficient (Wildman–Crippen LogP) is 0.356. The molecule has 1 heterocycles. The number of hydrogen-bond acceptors (Lipinski definition) is 4. The Balaban J connectivity index is 2.68. The molecule has 0 aliphatic heterocycles. The summed E-state index contributed by atoms with van der Waals surface area (Å²) >= 11 is 0. The number of nitrogen functional groups attached to an aromatic ring is 1. The van der Waals surface area contributed by atoms with Crippen molar-refractivity contribution in [3.63, 3.8) is 0 Å². The molecule has 0 saturated carbocycles. The van der Waals surface area contributed by atoms with Gasteiger partial charge in [-0.25, -0.2) is 0 Å². The molecule has 0 radical (unpaired) electrons. The van der Waals surface area contributed by atoms with Crippen LogP contribution in [0.4, 0.5) is 11.5 Å². The molecule has 1 aromatic rings. The molecule has 86 valence electrons. The van der Waals surface area contributed by atoms with Gasteiger partial charge in [0.25, 0.3) is 0 Å². The zero-order valence-corrected chi connectivity index (χ0v) is 10.0. The Kier molecular flexibility index (Phi) is 3.96. The van der Waals surface area contributed by atoms with E-state index in [1.54, 1.807) is 0 Å². The van der Waals surface area contributed by atoms with Crippen molar-refractivity contribution in [1.29, 1.82) is 0 Å². The Labute approximate surface area is 91.2 Å². The highest BCUT2D eigenvalue weighted by Crippen LogP contribution is 2.24. The van der Waals surface area contributed by atoms with Crippen molar-refractivity contribution < 1.29 is 0 Å². The number of hydrogen-bond donors (Lipinski definition) is 2. The van der Waals surface area contributed by atoms with Gasteiger partial charge < -0.3 is 16.0 Å². The number of aromatic nitrogens is 2. The zero-order chi connectivity index (χ0) is 11.4. The van der Waals surface area contributed by atoms with Gasteiger partial charge in [0, 0.05) is 20.6 Å². The molecule has 0 aromatic carbocycles. The molecule has 0 aliphatic rings. The molecule has 0 fully saturated rings.